The van der Waals surface area contributed by atoms with E-state index in [0.717, 1.165) is 13.3 Å². The summed E-state index contributed by atoms with van der Waals surface area (Å²) in [6.45, 7) is 4.81. The lowest BCUT2D eigenvalue weighted by Gasteiger charge is -2.51. The molecule has 3 aliphatic heterocycles. The molecule has 3 saturated heterocycles. The first-order valence-corrected chi connectivity index (χ1v) is 18.1. The third kappa shape index (κ3) is 10.8. The fraction of sp³-hybridized carbons (Fsp3) is 0.722. The zero-order valence-electron chi connectivity index (χ0n) is 30.7. The van der Waals surface area contributed by atoms with Crippen LogP contribution in [0.25, 0.3) is 0 Å². The molecule has 6 N–H and O–H groups in total. The zero-order valence-corrected chi connectivity index (χ0v) is 30.7. The van der Waals surface area contributed by atoms with E-state index in [1.807, 2.05) is 6.92 Å². The second kappa shape index (κ2) is 20.1. The van der Waals surface area contributed by atoms with E-state index in [0.29, 0.717) is 13.0 Å². The molecule has 18 nitrogen and oxygen atoms in total. The number of unbranched alkanes of at least 4 members (excludes halogenated alkanes) is 1. The summed E-state index contributed by atoms with van der Waals surface area (Å²) in [5.74, 6) is -2.89. The lowest BCUT2D eigenvalue weighted by molar-refractivity contribution is -0.355. The molecule has 18 heteroatoms. The van der Waals surface area contributed by atoms with Crippen molar-refractivity contribution in [1.82, 2.24) is 4.90 Å². The molecule has 0 bridgehead atoms. The van der Waals surface area contributed by atoms with Crippen LogP contribution in [0.1, 0.15) is 63.7 Å². The Bertz CT molecular complexity index is 1380. The Hall–Kier alpha value is -3.14. The summed E-state index contributed by atoms with van der Waals surface area (Å²) in [4.78, 5) is 52.3. The number of ether oxygens (including phenoxy) is 7. The number of piperidine rings is 1. The topological polar surface area (TPSA) is 258 Å². The molecule has 14 atom stereocenters. The van der Waals surface area contributed by atoms with Crippen LogP contribution in [-0.2, 0) is 47.5 Å². The first kappa shape index (κ1) is 43.6. The Morgan fingerprint density at radius 2 is 1.46 bits per heavy atom. The summed E-state index contributed by atoms with van der Waals surface area (Å²) >= 11 is 0. The van der Waals surface area contributed by atoms with E-state index in [1.165, 1.54) is 26.0 Å². The van der Waals surface area contributed by atoms with Gasteiger partial charge in [0.05, 0.1) is 37.3 Å². The summed E-state index contributed by atoms with van der Waals surface area (Å²) < 4.78 is 41.6. The van der Waals surface area contributed by atoms with Gasteiger partial charge in [-0.1, -0.05) is 31.5 Å². The number of aliphatic hydroxyl groups is 6. The van der Waals surface area contributed by atoms with Crippen molar-refractivity contribution in [1.29, 1.82) is 0 Å². The van der Waals surface area contributed by atoms with E-state index in [4.69, 9.17) is 33.2 Å². The minimum atomic E-state index is -1.79. The number of esters is 3. The number of rotatable bonds is 16. The third-order valence-electron chi connectivity index (χ3n) is 9.65. The van der Waals surface area contributed by atoms with Crippen LogP contribution in [0.15, 0.2) is 30.3 Å². The minimum Gasteiger partial charge on any atom is -0.458 e. The van der Waals surface area contributed by atoms with Crippen molar-refractivity contribution >= 4 is 23.7 Å². The van der Waals surface area contributed by atoms with Crippen LogP contribution in [-0.4, -0.2) is 171 Å². The highest BCUT2D eigenvalue weighted by Crippen LogP contribution is 2.35. The lowest BCUT2D eigenvalue weighted by Crippen LogP contribution is -2.69. The van der Waals surface area contributed by atoms with Crippen LogP contribution < -0.4 is 0 Å². The number of Topliss-reactive ketones (excluding diaryl/α,β-unsaturated/α-hetero) is 1. The highest BCUT2D eigenvalue weighted by Gasteiger charge is 2.56. The number of carbonyl (C=O) groups is 4. The average Bonchev–Trinajstić information content (AvgIpc) is 3.14. The Balaban J connectivity index is 1.79. The van der Waals surface area contributed by atoms with E-state index in [9.17, 15) is 49.8 Å². The number of aliphatic hydroxyl groups excluding tert-OH is 6. The highest BCUT2D eigenvalue weighted by atomic mass is 16.8. The van der Waals surface area contributed by atoms with Gasteiger partial charge < -0.3 is 68.6 Å². The van der Waals surface area contributed by atoms with Gasteiger partial charge in [0.25, 0.3) is 0 Å². The summed E-state index contributed by atoms with van der Waals surface area (Å²) in [6.07, 6.45) is -19.3. The number of hydrogen-bond donors (Lipinski definition) is 6. The number of ketones is 1. The summed E-state index contributed by atoms with van der Waals surface area (Å²) in [5.41, 5.74) is 0.0720. The number of nitrogens with zero attached hydrogens (tertiary/aromatic N) is 1. The van der Waals surface area contributed by atoms with Crippen LogP contribution in [0.5, 0.6) is 0 Å². The van der Waals surface area contributed by atoms with Gasteiger partial charge in [0.2, 0.25) is 0 Å². The average molecular weight is 772 g/mol. The van der Waals surface area contributed by atoms with Gasteiger partial charge in [0, 0.05) is 19.9 Å². The Morgan fingerprint density at radius 3 is 2.07 bits per heavy atom. The predicted octanol–water partition coefficient (Wildman–Crippen LogP) is -1.42. The van der Waals surface area contributed by atoms with Crippen molar-refractivity contribution in [2.75, 3.05) is 26.3 Å². The first-order valence-electron chi connectivity index (χ1n) is 18.1. The van der Waals surface area contributed by atoms with Crippen LogP contribution >= 0.6 is 0 Å². The van der Waals surface area contributed by atoms with E-state index in [-0.39, 0.29) is 30.7 Å². The Labute approximate surface area is 312 Å². The molecule has 3 fully saturated rings. The number of hydrogen-bond acceptors (Lipinski definition) is 18. The molecule has 1 aromatic carbocycles. The maximum atomic E-state index is 13.5. The number of benzene rings is 1. The van der Waals surface area contributed by atoms with Gasteiger partial charge in [-0.25, -0.2) is 4.79 Å². The van der Waals surface area contributed by atoms with E-state index in [1.54, 1.807) is 23.1 Å². The molecule has 0 unspecified atom stereocenters. The zero-order chi connectivity index (χ0) is 39.7. The Morgan fingerprint density at radius 1 is 0.778 bits per heavy atom. The molecule has 3 heterocycles. The number of likely N-dealkylation sites (tertiary alicyclic amines) is 1. The van der Waals surface area contributed by atoms with Gasteiger partial charge in [-0.3, -0.25) is 14.5 Å². The molecule has 0 radical (unpaired) electrons. The van der Waals surface area contributed by atoms with Crippen LogP contribution in [0.4, 0.5) is 0 Å². The van der Waals surface area contributed by atoms with Gasteiger partial charge in [-0.15, -0.1) is 0 Å². The molecule has 0 saturated carbocycles. The molecule has 54 heavy (non-hydrogen) atoms. The van der Waals surface area contributed by atoms with Crippen molar-refractivity contribution in [3.8, 4) is 0 Å². The summed E-state index contributed by atoms with van der Waals surface area (Å²) in [6, 6.07) is 6.75. The lowest BCUT2D eigenvalue weighted by atomic mass is 9.92. The van der Waals surface area contributed by atoms with Crippen molar-refractivity contribution in [2.24, 2.45) is 0 Å². The van der Waals surface area contributed by atoms with Crippen LogP contribution in [0.3, 0.4) is 0 Å². The second-order valence-electron chi connectivity index (χ2n) is 13.7. The third-order valence-corrected chi connectivity index (χ3v) is 9.65. The molecular formula is C36H53NO17. The highest BCUT2D eigenvalue weighted by molar-refractivity contribution is 5.89. The fourth-order valence-corrected chi connectivity index (χ4v) is 6.70. The fourth-order valence-electron chi connectivity index (χ4n) is 6.70. The SMILES string of the molecule is CCCCN1C[C@H](OC(C)=O)[C@@H](O[C@@H]2O[C@@H](C)[C@@H](O)[C@@H](O)[C@@H]2O)[C@H](O[C@@H]2O[C@H](CO)[C@H](O)[C@H](OC(=O)CCC(C)=O)[C@H]2OC(=O)c2ccccc2)[C@H]1CO. The molecule has 3 aliphatic rings. The van der Waals surface area contributed by atoms with E-state index >= 15 is 0 Å². The van der Waals surface area contributed by atoms with Crippen LogP contribution in [0, 0.1) is 0 Å². The Kier molecular flexibility index (Phi) is 16.3. The quantitative estimate of drug-likeness (QED) is 0.0832. The predicted molar refractivity (Wildman–Crippen MR) is 182 cm³/mol. The van der Waals surface area contributed by atoms with Crippen molar-refractivity contribution in [3.05, 3.63) is 35.9 Å². The molecular weight excluding hydrogens is 718 g/mol. The number of carbonyl (C=O) groups excluding carboxylic acids is 4. The normalized spacial score (nSPS) is 35.9. The monoisotopic (exact) mass is 771 g/mol. The first-order chi connectivity index (χ1) is 25.7. The molecule has 304 valence electrons. The molecule has 0 amide bonds. The molecule has 0 aromatic heterocycles. The van der Waals surface area contributed by atoms with E-state index in [2.05, 4.69) is 0 Å². The molecule has 0 spiro atoms. The van der Waals surface area contributed by atoms with Crippen molar-refractivity contribution < 1.29 is 83.0 Å². The van der Waals surface area contributed by atoms with Gasteiger partial charge in [0.1, 0.15) is 54.6 Å². The summed E-state index contributed by atoms with van der Waals surface area (Å²) in [5, 5.41) is 64.1. The van der Waals surface area contributed by atoms with Gasteiger partial charge in [-0.05, 0) is 38.9 Å². The minimum absolute atomic E-state index is 0.00515. The van der Waals surface area contributed by atoms with Crippen molar-refractivity contribution in [3.63, 3.8) is 0 Å². The standard InChI is InChI=1S/C36H53NO17/c1-5-6-14-37-15-23(49-20(4)41)31(54-35-29(46)28(45)26(43)19(3)48-35)30(22(37)16-38)53-36-33(52-34(47)21-10-8-7-9-11-21)32(27(44)24(17-39)50-36)51-25(42)13-12-18(2)40/h7-11,19,22-24,26-33,35-36,38-39,43-46H,5-6,12-17H2,1-4H3/t19-,22+,23-,24+,26+,27-,28+,29-,30+,31+,32-,33+,35-,36-/m0/s1. The smallest absolute Gasteiger partial charge is 0.338 e. The maximum absolute atomic E-state index is 13.5. The molecule has 0 aliphatic carbocycles. The van der Waals surface area contributed by atoms with Crippen LogP contribution in [0.2, 0.25) is 0 Å². The van der Waals surface area contributed by atoms with Gasteiger partial charge in [0.15, 0.2) is 24.8 Å². The summed E-state index contributed by atoms with van der Waals surface area (Å²) in [7, 11) is 0. The molecule has 4 rings (SSSR count). The largest absolute Gasteiger partial charge is 0.458 e. The van der Waals surface area contributed by atoms with Crippen molar-refractivity contribution in [2.45, 2.75) is 139 Å². The van der Waals surface area contributed by atoms with Gasteiger partial charge >= 0.3 is 17.9 Å². The molecule has 1 aromatic rings. The maximum Gasteiger partial charge on any atom is 0.338 e. The van der Waals surface area contributed by atoms with Gasteiger partial charge in [-0.2, -0.15) is 0 Å². The second-order valence-corrected chi connectivity index (χ2v) is 13.7. The van der Waals surface area contributed by atoms with E-state index < -0.39 is 117 Å².